The Hall–Kier alpha value is -1.10. The predicted octanol–water partition coefficient (Wildman–Crippen LogP) is 0.933. The summed E-state index contributed by atoms with van der Waals surface area (Å²) in [6, 6.07) is -0.617. The Labute approximate surface area is 71.7 Å². The van der Waals surface area contributed by atoms with Crippen molar-refractivity contribution in [2.24, 2.45) is 0 Å². The first kappa shape index (κ1) is 8.00. The van der Waals surface area contributed by atoms with Crippen LogP contribution in [0.15, 0.2) is 23.5 Å². The summed E-state index contributed by atoms with van der Waals surface area (Å²) in [6.45, 7) is 3.30. The van der Waals surface area contributed by atoms with E-state index in [1.807, 2.05) is 0 Å². The number of carbonyl (C=O) groups excluding carboxylic acids is 2. The normalized spacial score (nSPS) is 17.5. The lowest BCUT2D eigenvalue weighted by atomic mass is 10.4. The van der Waals surface area contributed by atoms with Gasteiger partial charge in [0.2, 0.25) is 0 Å². The van der Waals surface area contributed by atoms with Crippen molar-refractivity contribution in [3.63, 3.8) is 0 Å². The lowest BCUT2D eigenvalue weighted by Gasteiger charge is -2.17. The van der Waals surface area contributed by atoms with Crippen molar-refractivity contribution in [2.45, 2.75) is 0 Å². The van der Waals surface area contributed by atoms with Crippen molar-refractivity contribution in [3.05, 3.63) is 23.5 Å². The maximum atomic E-state index is 11.0. The fourth-order valence-corrected chi connectivity index (χ4v) is 0.886. The Morgan fingerprint density at radius 1 is 1.64 bits per heavy atom. The van der Waals surface area contributed by atoms with Crippen LogP contribution in [-0.4, -0.2) is 16.8 Å². The molecule has 5 heteroatoms. The molecule has 0 aromatic rings. The van der Waals surface area contributed by atoms with E-state index in [1.165, 1.54) is 6.20 Å². The van der Waals surface area contributed by atoms with Gasteiger partial charge in [-0.2, -0.15) is 5.32 Å². The fourth-order valence-electron chi connectivity index (χ4n) is 0.592. The van der Waals surface area contributed by atoms with Crippen LogP contribution in [0, 0.1) is 0 Å². The molecule has 1 radical (unpaired) electrons. The van der Waals surface area contributed by atoms with E-state index in [9.17, 15) is 9.59 Å². The van der Waals surface area contributed by atoms with Gasteiger partial charge in [-0.15, -0.1) is 0 Å². The molecule has 0 aromatic carbocycles. The highest BCUT2D eigenvalue weighted by molar-refractivity contribution is 9.12. The van der Waals surface area contributed by atoms with Gasteiger partial charge in [0.15, 0.2) is 0 Å². The molecule has 1 rings (SSSR count). The minimum atomic E-state index is -0.617. The number of hydrogen-bond acceptors (Lipinski definition) is 2. The summed E-state index contributed by atoms with van der Waals surface area (Å²) in [5, 5.41) is 3.40. The van der Waals surface area contributed by atoms with Crippen molar-refractivity contribution < 1.29 is 9.59 Å². The molecule has 4 nitrogen and oxygen atoms in total. The monoisotopic (exact) mass is 215 g/mol. The summed E-state index contributed by atoms with van der Waals surface area (Å²) < 4.78 is 0.247. The van der Waals surface area contributed by atoms with Gasteiger partial charge in [-0.3, -0.25) is 4.79 Å². The molecule has 3 amide bonds. The summed E-state index contributed by atoms with van der Waals surface area (Å²) in [6.07, 6.45) is 2.30. The molecule has 57 valence electrons. The average molecular weight is 216 g/mol. The molecule has 0 saturated heterocycles. The molecule has 0 unspecified atom stereocenters. The minimum absolute atomic E-state index is 0.247. The van der Waals surface area contributed by atoms with Crippen LogP contribution >= 0.6 is 15.9 Å². The molecule has 0 aromatic heterocycles. The van der Waals surface area contributed by atoms with E-state index in [0.717, 1.165) is 11.1 Å². The first-order chi connectivity index (χ1) is 5.16. The SMILES string of the molecule is C=CN1C(=O)[N]C=C(Br)C1=O. The molecule has 0 saturated carbocycles. The Bertz CT molecular complexity index is 259. The van der Waals surface area contributed by atoms with E-state index in [-0.39, 0.29) is 4.48 Å². The number of rotatable bonds is 1. The number of amides is 3. The highest BCUT2D eigenvalue weighted by Crippen LogP contribution is 2.13. The maximum Gasteiger partial charge on any atom is 0.354 e. The van der Waals surface area contributed by atoms with Crippen molar-refractivity contribution in [3.8, 4) is 0 Å². The quantitative estimate of drug-likeness (QED) is 0.654. The number of nitrogens with zero attached hydrogens (tertiary/aromatic N) is 2. The summed E-state index contributed by atoms with van der Waals surface area (Å²) in [5.74, 6) is -0.444. The topological polar surface area (TPSA) is 51.5 Å². The molecule has 1 aliphatic heterocycles. The molecule has 0 atom stereocenters. The summed E-state index contributed by atoms with van der Waals surface area (Å²) in [5.41, 5.74) is 0. The van der Waals surface area contributed by atoms with Gasteiger partial charge in [0.05, 0.1) is 6.20 Å². The number of imide groups is 1. The van der Waals surface area contributed by atoms with Crippen molar-refractivity contribution in [1.82, 2.24) is 10.2 Å². The second-order valence-electron chi connectivity index (χ2n) is 1.75. The lowest BCUT2D eigenvalue weighted by molar-refractivity contribution is -0.121. The third-order valence-electron chi connectivity index (χ3n) is 1.10. The Kier molecular flexibility index (Phi) is 2.09. The molecule has 0 fully saturated rings. The van der Waals surface area contributed by atoms with Gasteiger partial charge >= 0.3 is 6.03 Å². The zero-order chi connectivity index (χ0) is 8.43. The van der Waals surface area contributed by atoms with Crippen LogP contribution in [-0.2, 0) is 4.79 Å². The van der Waals surface area contributed by atoms with Crippen LogP contribution in [0.25, 0.3) is 0 Å². The van der Waals surface area contributed by atoms with E-state index in [4.69, 9.17) is 0 Å². The van der Waals surface area contributed by atoms with E-state index in [0.29, 0.717) is 0 Å². The highest BCUT2D eigenvalue weighted by atomic mass is 79.9. The summed E-state index contributed by atoms with van der Waals surface area (Å²) >= 11 is 2.94. The van der Waals surface area contributed by atoms with E-state index in [2.05, 4.69) is 27.8 Å². The van der Waals surface area contributed by atoms with Crippen LogP contribution in [0.1, 0.15) is 0 Å². The number of urea groups is 1. The number of halogens is 1. The number of hydrogen-bond donors (Lipinski definition) is 0. The van der Waals surface area contributed by atoms with Gasteiger partial charge in [-0.25, -0.2) is 9.69 Å². The Morgan fingerprint density at radius 2 is 2.27 bits per heavy atom. The van der Waals surface area contributed by atoms with Crippen LogP contribution in [0.5, 0.6) is 0 Å². The second kappa shape index (κ2) is 2.87. The largest absolute Gasteiger partial charge is 0.354 e. The van der Waals surface area contributed by atoms with Gasteiger partial charge in [-0.05, 0) is 15.9 Å². The maximum absolute atomic E-state index is 11.0. The van der Waals surface area contributed by atoms with E-state index < -0.39 is 11.9 Å². The van der Waals surface area contributed by atoms with Crippen LogP contribution in [0.2, 0.25) is 0 Å². The lowest BCUT2D eigenvalue weighted by Crippen LogP contribution is -2.38. The highest BCUT2D eigenvalue weighted by Gasteiger charge is 2.25. The van der Waals surface area contributed by atoms with Gasteiger partial charge < -0.3 is 0 Å². The molecule has 0 N–H and O–H groups in total. The molecule has 0 spiro atoms. The average Bonchev–Trinajstić information content (AvgIpc) is 1.99. The molecule has 11 heavy (non-hydrogen) atoms. The second-order valence-corrected chi connectivity index (χ2v) is 2.60. The van der Waals surface area contributed by atoms with E-state index >= 15 is 0 Å². The first-order valence-electron chi connectivity index (χ1n) is 2.73. The minimum Gasteiger partial charge on any atom is -0.267 e. The molecular formula is C6H4BrN2O2. The Balaban J connectivity index is 2.97. The van der Waals surface area contributed by atoms with Gasteiger partial charge in [0.25, 0.3) is 5.91 Å². The van der Waals surface area contributed by atoms with Gasteiger partial charge in [-0.1, -0.05) is 6.58 Å². The molecule has 0 aliphatic carbocycles. The zero-order valence-corrected chi connectivity index (χ0v) is 7.04. The van der Waals surface area contributed by atoms with Crippen molar-refractivity contribution >= 4 is 27.9 Å². The zero-order valence-electron chi connectivity index (χ0n) is 5.45. The van der Waals surface area contributed by atoms with Crippen molar-refractivity contribution in [1.29, 1.82) is 0 Å². The molecular weight excluding hydrogens is 212 g/mol. The van der Waals surface area contributed by atoms with Crippen LogP contribution in [0.4, 0.5) is 4.79 Å². The van der Waals surface area contributed by atoms with E-state index in [1.54, 1.807) is 0 Å². The van der Waals surface area contributed by atoms with Gasteiger partial charge in [0, 0.05) is 6.20 Å². The predicted molar refractivity (Wildman–Crippen MR) is 41.6 cm³/mol. The van der Waals surface area contributed by atoms with Crippen LogP contribution < -0.4 is 5.32 Å². The summed E-state index contributed by atoms with van der Waals surface area (Å²) in [7, 11) is 0. The van der Waals surface area contributed by atoms with Crippen molar-refractivity contribution in [2.75, 3.05) is 0 Å². The smallest absolute Gasteiger partial charge is 0.267 e. The standard InChI is InChI=1S/C6H4BrN2O2/c1-2-9-5(10)4(7)3-8-6(9)11/h2-3H,1H2. The summed E-state index contributed by atoms with van der Waals surface area (Å²) in [4.78, 5) is 22.6. The fraction of sp³-hybridized carbons (Fsp3) is 0. The third-order valence-corrected chi connectivity index (χ3v) is 1.64. The Morgan fingerprint density at radius 3 is 2.73 bits per heavy atom. The number of carbonyl (C=O) groups is 2. The molecule has 0 bridgehead atoms. The molecule has 1 heterocycles. The molecule has 1 aliphatic rings. The van der Waals surface area contributed by atoms with Gasteiger partial charge in [0.1, 0.15) is 4.48 Å². The van der Waals surface area contributed by atoms with Crippen LogP contribution in [0.3, 0.4) is 0 Å². The first-order valence-corrected chi connectivity index (χ1v) is 3.52. The third kappa shape index (κ3) is 1.32.